The molecule has 0 aliphatic heterocycles. The van der Waals surface area contributed by atoms with Crippen molar-refractivity contribution >= 4 is 22.4 Å². The summed E-state index contributed by atoms with van der Waals surface area (Å²) in [5, 5.41) is 0.378. The molecule has 2 aromatic rings. The Morgan fingerprint density at radius 1 is 1.29 bits per heavy atom. The second-order valence-corrected chi connectivity index (χ2v) is 5.78. The predicted octanol–water partition coefficient (Wildman–Crippen LogP) is 3.91. The number of nitrogens with zero attached hydrogens (tertiary/aromatic N) is 1. The quantitative estimate of drug-likeness (QED) is 0.822. The largest absolute Gasteiger partial charge is 0.462 e. The van der Waals surface area contributed by atoms with E-state index >= 15 is 0 Å². The van der Waals surface area contributed by atoms with E-state index in [9.17, 15) is 4.79 Å². The molecule has 0 atom stereocenters. The standard InChI is InChI=1S/C16H20N2O2S/c1-3-5-6-11-7-9-12(10-8-11)13-14(15(19)20-4-2)21-16(17)18-13/h7-10H,3-6H2,1-2H3,(H2,17,18). The molecule has 0 aliphatic rings. The van der Waals surface area contributed by atoms with Crippen molar-refractivity contribution in [3.63, 3.8) is 0 Å². The van der Waals surface area contributed by atoms with Crippen molar-refractivity contribution in [2.45, 2.75) is 33.1 Å². The fourth-order valence-corrected chi connectivity index (χ4v) is 2.83. The Hall–Kier alpha value is -1.88. The highest BCUT2D eigenvalue weighted by molar-refractivity contribution is 7.17. The number of unbranched alkanes of at least 4 members (excludes halogenated alkanes) is 1. The molecule has 21 heavy (non-hydrogen) atoms. The smallest absolute Gasteiger partial charge is 0.350 e. The number of rotatable bonds is 6. The number of carbonyl (C=O) groups excluding carboxylic acids is 1. The fourth-order valence-electron chi connectivity index (χ4n) is 2.08. The Kier molecular flexibility index (Phi) is 5.33. The molecule has 1 heterocycles. The number of nitrogens with two attached hydrogens (primary N) is 1. The zero-order chi connectivity index (χ0) is 15.2. The lowest BCUT2D eigenvalue weighted by Crippen LogP contribution is -2.04. The zero-order valence-corrected chi connectivity index (χ0v) is 13.2. The summed E-state index contributed by atoms with van der Waals surface area (Å²) in [6.07, 6.45) is 3.43. The summed E-state index contributed by atoms with van der Waals surface area (Å²) < 4.78 is 5.06. The monoisotopic (exact) mass is 304 g/mol. The number of ether oxygens (including phenoxy) is 1. The predicted molar refractivity (Wildman–Crippen MR) is 86.5 cm³/mol. The second-order valence-electron chi connectivity index (χ2n) is 4.75. The lowest BCUT2D eigenvalue weighted by molar-refractivity contribution is 0.0532. The Morgan fingerprint density at radius 3 is 2.62 bits per heavy atom. The molecule has 0 bridgehead atoms. The normalized spacial score (nSPS) is 10.6. The summed E-state index contributed by atoms with van der Waals surface area (Å²) in [5.74, 6) is -0.364. The van der Waals surface area contributed by atoms with E-state index in [1.54, 1.807) is 6.92 Å². The van der Waals surface area contributed by atoms with Crippen molar-refractivity contribution in [2.75, 3.05) is 12.3 Å². The molecule has 0 saturated heterocycles. The van der Waals surface area contributed by atoms with Crippen LogP contribution in [0.2, 0.25) is 0 Å². The van der Waals surface area contributed by atoms with Gasteiger partial charge in [0.2, 0.25) is 0 Å². The summed E-state index contributed by atoms with van der Waals surface area (Å²) >= 11 is 1.17. The highest BCUT2D eigenvalue weighted by Gasteiger charge is 2.19. The molecule has 0 amide bonds. The van der Waals surface area contributed by atoms with Crippen LogP contribution in [-0.4, -0.2) is 17.6 Å². The maximum atomic E-state index is 12.0. The van der Waals surface area contributed by atoms with Crippen molar-refractivity contribution < 1.29 is 9.53 Å². The molecule has 0 fully saturated rings. The first kappa shape index (κ1) is 15.5. The molecule has 0 aliphatic carbocycles. The van der Waals surface area contributed by atoms with Crippen molar-refractivity contribution in [1.29, 1.82) is 0 Å². The van der Waals surface area contributed by atoms with E-state index in [0.29, 0.717) is 22.3 Å². The van der Waals surface area contributed by atoms with Gasteiger partial charge >= 0.3 is 5.97 Å². The second kappa shape index (κ2) is 7.22. The van der Waals surface area contributed by atoms with E-state index in [4.69, 9.17) is 10.5 Å². The molecular formula is C16H20N2O2S. The minimum atomic E-state index is -0.364. The van der Waals surface area contributed by atoms with Gasteiger partial charge in [-0.25, -0.2) is 9.78 Å². The summed E-state index contributed by atoms with van der Waals surface area (Å²) in [7, 11) is 0. The van der Waals surface area contributed by atoms with Crippen molar-refractivity contribution in [3.8, 4) is 11.3 Å². The van der Waals surface area contributed by atoms with Crippen LogP contribution >= 0.6 is 11.3 Å². The Morgan fingerprint density at radius 2 is 2.00 bits per heavy atom. The van der Waals surface area contributed by atoms with Gasteiger partial charge in [0, 0.05) is 5.56 Å². The van der Waals surface area contributed by atoms with E-state index in [0.717, 1.165) is 12.0 Å². The van der Waals surface area contributed by atoms with Crippen LogP contribution in [0.5, 0.6) is 0 Å². The van der Waals surface area contributed by atoms with Crippen LogP contribution < -0.4 is 5.73 Å². The first-order valence-corrected chi connectivity index (χ1v) is 8.00. The van der Waals surface area contributed by atoms with Gasteiger partial charge in [-0.05, 0) is 25.3 Å². The van der Waals surface area contributed by atoms with Gasteiger partial charge in [-0.2, -0.15) is 0 Å². The van der Waals surface area contributed by atoms with E-state index in [1.807, 2.05) is 12.1 Å². The van der Waals surface area contributed by atoms with Crippen LogP contribution in [0.4, 0.5) is 5.13 Å². The zero-order valence-electron chi connectivity index (χ0n) is 12.4. The molecule has 0 radical (unpaired) electrons. The van der Waals surface area contributed by atoms with Crippen LogP contribution in [0.15, 0.2) is 24.3 Å². The van der Waals surface area contributed by atoms with E-state index in [1.165, 1.54) is 29.7 Å². The van der Waals surface area contributed by atoms with Gasteiger partial charge in [0.05, 0.1) is 12.3 Å². The molecule has 4 nitrogen and oxygen atoms in total. The lowest BCUT2D eigenvalue weighted by atomic mass is 10.0. The van der Waals surface area contributed by atoms with Crippen molar-refractivity contribution in [1.82, 2.24) is 4.98 Å². The number of carbonyl (C=O) groups is 1. The molecule has 112 valence electrons. The van der Waals surface area contributed by atoms with Gasteiger partial charge in [0.1, 0.15) is 4.88 Å². The molecule has 1 aromatic carbocycles. The summed E-state index contributed by atoms with van der Waals surface area (Å²) in [5.41, 5.74) is 8.54. The van der Waals surface area contributed by atoms with E-state index in [-0.39, 0.29) is 5.97 Å². The molecule has 0 unspecified atom stereocenters. The number of benzene rings is 1. The average molecular weight is 304 g/mol. The van der Waals surface area contributed by atoms with Gasteiger partial charge in [-0.15, -0.1) is 0 Å². The van der Waals surface area contributed by atoms with Crippen LogP contribution in [0.3, 0.4) is 0 Å². The highest BCUT2D eigenvalue weighted by Crippen LogP contribution is 2.30. The minimum Gasteiger partial charge on any atom is -0.462 e. The highest BCUT2D eigenvalue weighted by atomic mass is 32.1. The third-order valence-corrected chi connectivity index (χ3v) is 4.02. The average Bonchev–Trinajstić information content (AvgIpc) is 2.88. The SMILES string of the molecule is CCCCc1ccc(-c2nc(N)sc2C(=O)OCC)cc1. The van der Waals surface area contributed by atoms with Gasteiger partial charge in [-0.3, -0.25) is 0 Å². The van der Waals surface area contributed by atoms with Crippen molar-refractivity contribution in [3.05, 3.63) is 34.7 Å². The summed E-state index contributed by atoms with van der Waals surface area (Å²) in [4.78, 5) is 16.7. The molecule has 0 spiro atoms. The van der Waals surface area contributed by atoms with E-state index < -0.39 is 0 Å². The maximum absolute atomic E-state index is 12.0. The topological polar surface area (TPSA) is 65.2 Å². The molecule has 5 heteroatoms. The molecular weight excluding hydrogens is 284 g/mol. The van der Waals surface area contributed by atoms with Crippen LogP contribution in [-0.2, 0) is 11.2 Å². The lowest BCUT2D eigenvalue weighted by Gasteiger charge is -2.04. The van der Waals surface area contributed by atoms with Crippen LogP contribution in [0.25, 0.3) is 11.3 Å². The number of aromatic nitrogens is 1. The van der Waals surface area contributed by atoms with Gasteiger partial charge in [0.15, 0.2) is 5.13 Å². The van der Waals surface area contributed by atoms with Crippen LogP contribution in [0.1, 0.15) is 41.9 Å². The maximum Gasteiger partial charge on any atom is 0.350 e. The third kappa shape index (κ3) is 3.82. The number of anilines is 1. The summed E-state index contributed by atoms with van der Waals surface area (Å²) in [6.45, 7) is 4.30. The Bertz CT molecular complexity index is 605. The summed E-state index contributed by atoms with van der Waals surface area (Å²) in [6, 6.07) is 8.13. The van der Waals surface area contributed by atoms with Crippen LogP contribution in [0, 0.1) is 0 Å². The molecule has 0 saturated carbocycles. The molecule has 2 N–H and O–H groups in total. The van der Waals surface area contributed by atoms with Crippen molar-refractivity contribution in [2.24, 2.45) is 0 Å². The number of hydrogen-bond donors (Lipinski definition) is 1. The van der Waals surface area contributed by atoms with Gasteiger partial charge in [-0.1, -0.05) is 48.9 Å². The molecule has 2 rings (SSSR count). The minimum absolute atomic E-state index is 0.339. The number of thiazole rings is 1. The number of hydrogen-bond acceptors (Lipinski definition) is 5. The Balaban J connectivity index is 2.27. The molecule has 1 aromatic heterocycles. The first-order chi connectivity index (χ1) is 10.2. The number of esters is 1. The Labute approximate surface area is 129 Å². The van der Waals surface area contributed by atoms with Gasteiger partial charge in [0.25, 0.3) is 0 Å². The number of aryl methyl sites for hydroxylation is 1. The van der Waals surface area contributed by atoms with Gasteiger partial charge < -0.3 is 10.5 Å². The first-order valence-electron chi connectivity index (χ1n) is 7.18. The van der Waals surface area contributed by atoms with E-state index in [2.05, 4.69) is 24.0 Å². The number of nitrogen functional groups attached to an aromatic ring is 1. The fraction of sp³-hybridized carbons (Fsp3) is 0.375. The third-order valence-electron chi connectivity index (χ3n) is 3.15.